The van der Waals surface area contributed by atoms with Gasteiger partial charge in [-0.15, -0.1) is 11.3 Å². The number of nitrogens with zero attached hydrogens (tertiary/aromatic N) is 2. The molecule has 2 aromatic rings. The number of guanidine groups is 1. The summed E-state index contributed by atoms with van der Waals surface area (Å²) in [6.07, 6.45) is 1.32. The van der Waals surface area contributed by atoms with Crippen molar-refractivity contribution in [2.75, 3.05) is 19.6 Å². The van der Waals surface area contributed by atoms with Crippen LogP contribution in [0.5, 0.6) is 0 Å². The Morgan fingerprint density at radius 2 is 2.21 bits per heavy atom. The van der Waals surface area contributed by atoms with E-state index in [0.29, 0.717) is 37.6 Å². The molecular formula is C22H29FN4OS. The largest absolute Gasteiger partial charge is 0.357 e. The Kier molecular flexibility index (Phi) is 7.25. The molecule has 0 saturated heterocycles. The number of benzene rings is 1. The fourth-order valence-corrected chi connectivity index (χ4v) is 4.26. The second-order valence-electron chi connectivity index (χ2n) is 7.32. The smallest absolute Gasteiger partial charge is 0.224 e. The third kappa shape index (κ3) is 5.56. The fourth-order valence-electron chi connectivity index (χ4n) is 3.37. The SMILES string of the molecule is CCNC(=NCCC(=O)N1CCc2sccc2C1)NC(C)c1ccc(C)c(F)c1. The van der Waals surface area contributed by atoms with E-state index in [0.717, 1.165) is 18.5 Å². The van der Waals surface area contributed by atoms with Gasteiger partial charge in [0.2, 0.25) is 5.91 Å². The molecule has 1 aromatic carbocycles. The molecule has 1 aliphatic heterocycles. The third-order valence-corrected chi connectivity index (χ3v) is 6.17. The lowest BCUT2D eigenvalue weighted by atomic mass is 10.1. The molecule has 0 saturated carbocycles. The molecule has 1 atom stereocenters. The molecule has 1 unspecified atom stereocenters. The van der Waals surface area contributed by atoms with Crippen LogP contribution in [0.4, 0.5) is 4.39 Å². The maximum absolute atomic E-state index is 13.9. The van der Waals surface area contributed by atoms with Gasteiger partial charge in [-0.05, 0) is 61.4 Å². The van der Waals surface area contributed by atoms with Crippen LogP contribution >= 0.6 is 11.3 Å². The first kappa shape index (κ1) is 21.3. The van der Waals surface area contributed by atoms with E-state index in [1.54, 1.807) is 30.4 Å². The highest BCUT2D eigenvalue weighted by atomic mass is 32.1. The molecule has 29 heavy (non-hydrogen) atoms. The van der Waals surface area contributed by atoms with Crippen molar-refractivity contribution < 1.29 is 9.18 Å². The molecule has 3 rings (SSSR count). The second kappa shape index (κ2) is 9.87. The van der Waals surface area contributed by atoms with Crippen molar-refractivity contribution in [3.05, 3.63) is 57.0 Å². The standard InChI is InChI=1S/C22H29FN4OS/c1-4-24-22(26-16(3)17-6-5-15(2)19(23)13-17)25-10-7-21(28)27-11-8-20-18(14-27)9-12-29-20/h5-6,9,12-13,16H,4,7-8,10-11,14H2,1-3H3,(H2,24,25,26). The minimum atomic E-state index is -0.209. The summed E-state index contributed by atoms with van der Waals surface area (Å²) >= 11 is 1.77. The van der Waals surface area contributed by atoms with E-state index in [1.807, 2.05) is 24.8 Å². The number of hydrogen-bond acceptors (Lipinski definition) is 3. The Balaban J connectivity index is 1.54. The summed E-state index contributed by atoms with van der Waals surface area (Å²) in [5.74, 6) is 0.557. The minimum absolute atomic E-state index is 0.0993. The van der Waals surface area contributed by atoms with E-state index in [9.17, 15) is 9.18 Å². The van der Waals surface area contributed by atoms with Gasteiger partial charge < -0.3 is 15.5 Å². The van der Waals surface area contributed by atoms with E-state index in [4.69, 9.17) is 0 Å². The molecule has 1 aromatic heterocycles. The molecule has 0 aliphatic carbocycles. The van der Waals surface area contributed by atoms with Crippen LogP contribution in [0, 0.1) is 12.7 Å². The van der Waals surface area contributed by atoms with Crippen molar-refractivity contribution in [2.45, 2.75) is 46.2 Å². The average molecular weight is 417 g/mol. The number of thiophene rings is 1. The van der Waals surface area contributed by atoms with Crippen LogP contribution in [-0.2, 0) is 17.8 Å². The highest BCUT2D eigenvalue weighted by Crippen LogP contribution is 2.24. The summed E-state index contributed by atoms with van der Waals surface area (Å²) in [6, 6.07) is 7.26. The number of aryl methyl sites for hydroxylation is 1. The first-order chi connectivity index (χ1) is 14.0. The van der Waals surface area contributed by atoms with Crippen molar-refractivity contribution in [1.29, 1.82) is 0 Å². The first-order valence-corrected chi connectivity index (χ1v) is 11.0. The molecule has 1 aliphatic rings. The van der Waals surface area contributed by atoms with Gasteiger partial charge >= 0.3 is 0 Å². The number of hydrogen-bond donors (Lipinski definition) is 2. The fraction of sp³-hybridized carbons (Fsp3) is 0.455. The van der Waals surface area contributed by atoms with Gasteiger partial charge in [0, 0.05) is 30.9 Å². The maximum atomic E-state index is 13.9. The van der Waals surface area contributed by atoms with E-state index in [2.05, 4.69) is 27.1 Å². The van der Waals surface area contributed by atoms with Crippen LogP contribution in [-0.4, -0.2) is 36.4 Å². The summed E-state index contributed by atoms with van der Waals surface area (Å²) in [5, 5.41) is 8.58. The summed E-state index contributed by atoms with van der Waals surface area (Å²) in [7, 11) is 0. The highest BCUT2D eigenvalue weighted by Gasteiger charge is 2.21. The molecule has 0 bridgehead atoms. The van der Waals surface area contributed by atoms with Gasteiger partial charge in [-0.25, -0.2) is 4.39 Å². The summed E-state index contributed by atoms with van der Waals surface area (Å²) in [5.41, 5.74) is 2.76. The lowest BCUT2D eigenvalue weighted by Crippen LogP contribution is -2.39. The van der Waals surface area contributed by atoms with Crippen molar-refractivity contribution in [3.63, 3.8) is 0 Å². The number of amides is 1. The Bertz CT molecular complexity index is 879. The van der Waals surface area contributed by atoms with Crippen molar-refractivity contribution >= 4 is 23.2 Å². The van der Waals surface area contributed by atoms with Gasteiger partial charge in [0.15, 0.2) is 5.96 Å². The van der Waals surface area contributed by atoms with E-state index < -0.39 is 0 Å². The van der Waals surface area contributed by atoms with Gasteiger partial charge in [-0.1, -0.05) is 12.1 Å². The summed E-state index contributed by atoms with van der Waals surface area (Å²) in [6.45, 7) is 8.32. The zero-order chi connectivity index (χ0) is 20.8. The van der Waals surface area contributed by atoms with Crippen LogP contribution in [0.2, 0.25) is 0 Å². The highest BCUT2D eigenvalue weighted by molar-refractivity contribution is 7.10. The Morgan fingerprint density at radius 3 is 2.97 bits per heavy atom. The van der Waals surface area contributed by atoms with E-state index in [1.165, 1.54) is 10.4 Å². The number of halogens is 1. The Morgan fingerprint density at radius 1 is 1.38 bits per heavy atom. The number of carbonyl (C=O) groups is 1. The minimum Gasteiger partial charge on any atom is -0.357 e. The molecule has 0 spiro atoms. The number of carbonyl (C=O) groups excluding carboxylic acids is 1. The second-order valence-corrected chi connectivity index (χ2v) is 8.32. The molecule has 5 nitrogen and oxygen atoms in total. The van der Waals surface area contributed by atoms with Crippen LogP contribution < -0.4 is 10.6 Å². The number of fused-ring (bicyclic) bond motifs is 1. The number of rotatable bonds is 6. The predicted octanol–water partition coefficient (Wildman–Crippen LogP) is 3.79. The normalized spacial score (nSPS) is 15.0. The molecule has 2 N–H and O–H groups in total. The third-order valence-electron chi connectivity index (χ3n) is 5.15. The van der Waals surface area contributed by atoms with Crippen LogP contribution in [0.3, 0.4) is 0 Å². The van der Waals surface area contributed by atoms with Gasteiger partial charge in [0.05, 0.1) is 12.6 Å². The zero-order valence-corrected chi connectivity index (χ0v) is 18.1. The maximum Gasteiger partial charge on any atom is 0.224 e. The van der Waals surface area contributed by atoms with Gasteiger partial charge in [-0.3, -0.25) is 9.79 Å². The molecule has 7 heteroatoms. The molecule has 2 heterocycles. The Hall–Kier alpha value is -2.41. The summed E-state index contributed by atoms with van der Waals surface area (Å²) < 4.78 is 13.9. The molecule has 0 radical (unpaired) electrons. The topological polar surface area (TPSA) is 56.7 Å². The van der Waals surface area contributed by atoms with Crippen LogP contribution in [0.1, 0.15) is 47.9 Å². The molecule has 156 valence electrons. The van der Waals surface area contributed by atoms with Crippen LogP contribution in [0.25, 0.3) is 0 Å². The predicted molar refractivity (Wildman–Crippen MR) is 117 cm³/mol. The van der Waals surface area contributed by atoms with Crippen molar-refractivity contribution in [1.82, 2.24) is 15.5 Å². The van der Waals surface area contributed by atoms with Crippen molar-refractivity contribution in [3.8, 4) is 0 Å². The molecular weight excluding hydrogens is 387 g/mol. The molecule has 0 fully saturated rings. The number of nitrogens with one attached hydrogen (secondary N) is 2. The van der Waals surface area contributed by atoms with Gasteiger partial charge in [0.25, 0.3) is 0 Å². The van der Waals surface area contributed by atoms with E-state index in [-0.39, 0.29) is 17.8 Å². The molecule has 1 amide bonds. The van der Waals surface area contributed by atoms with E-state index >= 15 is 0 Å². The van der Waals surface area contributed by atoms with Crippen LogP contribution in [0.15, 0.2) is 34.6 Å². The lowest BCUT2D eigenvalue weighted by molar-refractivity contribution is -0.131. The average Bonchev–Trinajstić information content (AvgIpc) is 3.17. The monoisotopic (exact) mass is 416 g/mol. The number of aliphatic imine (C=N–C) groups is 1. The van der Waals surface area contributed by atoms with Crippen molar-refractivity contribution in [2.24, 2.45) is 4.99 Å². The van der Waals surface area contributed by atoms with Gasteiger partial charge in [0.1, 0.15) is 5.82 Å². The first-order valence-electron chi connectivity index (χ1n) is 10.1. The zero-order valence-electron chi connectivity index (χ0n) is 17.3. The lowest BCUT2D eigenvalue weighted by Gasteiger charge is -2.27. The van der Waals surface area contributed by atoms with Gasteiger partial charge in [-0.2, -0.15) is 0 Å². The Labute approximate surface area is 176 Å². The quantitative estimate of drug-likeness (QED) is 0.557. The summed E-state index contributed by atoms with van der Waals surface area (Å²) in [4.78, 5) is 20.4.